The summed E-state index contributed by atoms with van der Waals surface area (Å²) in [4.78, 5) is 0. The summed E-state index contributed by atoms with van der Waals surface area (Å²) >= 11 is 0. The van der Waals surface area contributed by atoms with Crippen LogP contribution in [0.1, 0.15) is 12.0 Å². The van der Waals surface area contributed by atoms with Gasteiger partial charge in [0.05, 0.1) is 25.3 Å². The lowest BCUT2D eigenvalue weighted by atomic mass is 10.1. The molecule has 13 heavy (non-hydrogen) atoms. The van der Waals surface area contributed by atoms with E-state index in [4.69, 9.17) is 15.4 Å². The fourth-order valence-corrected chi connectivity index (χ4v) is 0.992. The zero-order valence-electron chi connectivity index (χ0n) is 7.37. The minimum atomic E-state index is 0.132. The quantitative estimate of drug-likeness (QED) is 0.712. The highest BCUT2D eigenvalue weighted by atomic mass is 16.5. The summed E-state index contributed by atoms with van der Waals surface area (Å²) in [5.74, 6) is 0.709. The van der Waals surface area contributed by atoms with Gasteiger partial charge in [-0.2, -0.15) is 5.26 Å². The third-order valence-corrected chi connectivity index (χ3v) is 1.67. The maximum Gasteiger partial charge on any atom is 0.119 e. The predicted molar refractivity (Wildman–Crippen MR) is 50.1 cm³/mol. The van der Waals surface area contributed by atoms with Crippen LogP contribution in [0.15, 0.2) is 24.3 Å². The summed E-state index contributed by atoms with van der Waals surface area (Å²) in [5.41, 5.74) is 1.06. The number of benzene rings is 1. The molecule has 1 rings (SSSR count). The normalized spacial score (nSPS) is 8.92. The molecule has 66 valence electrons. The van der Waals surface area contributed by atoms with Crippen LogP contribution in [0.5, 0.6) is 5.75 Å². The van der Waals surface area contributed by atoms with Gasteiger partial charge in [-0.3, -0.25) is 0 Å². The van der Waals surface area contributed by atoms with Crippen LogP contribution in [0, 0.1) is 16.7 Å². The van der Waals surface area contributed by atoms with Gasteiger partial charge in [0.1, 0.15) is 5.75 Å². The fraction of sp³-hybridized carbons (Fsp3) is 0.200. The van der Waals surface area contributed by atoms with E-state index in [1.807, 2.05) is 12.1 Å². The molecule has 0 aliphatic carbocycles. The van der Waals surface area contributed by atoms with E-state index in [1.165, 1.54) is 0 Å². The molecule has 1 N–H and O–H groups in total. The Morgan fingerprint density at radius 3 is 3.00 bits per heavy atom. The van der Waals surface area contributed by atoms with E-state index < -0.39 is 0 Å². The van der Waals surface area contributed by atoms with Crippen molar-refractivity contribution in [1.82, 2.24) is 0 Å². The molecule has 1 aromatic rings. The molecule has 0 unspecified atom stereocenters. The van der Waals surface area contributed by atoms with Crippen LogP contribution in [0.4, 0.5) is 0 Å². The van der Waals surface area contributed by atoms with E-state index in [9.17, 15) is 0 Å². The molecule has 0 aliphatic heterocycles. The van der Waals surface area contributed by atoms with Crippen molar-refractivity contribution in [1.29, 1.82) is 10.7 Å². The Balaban J connectivity index is 2.89. The SMILES string of the molecule is COc1cccc(C(=N)CC#N)c1. The predicted octanol–water partition coefficient (Wildman–Crippen LogP) is 1.98. The summed E-state index contributed by atoms with van der Waals surface area (Å²) in [6.07, 6.45) is 0.132. The third-order valence-electron chi connectivity index (χ3n) is 1.67. The monoisotopic (exact) mass is 174 g/mol. The highest BCUT2D eigenvalue weighted by Gasteiger charge is 2.01. The number of hydrogen-bond acceptors (Lipinski definition) is 3. The lowest BCUT2D eigenvalue weighted by Gasteiger charge is -2.02. The first-order valence-corrected chi connectivity index (χ1v) is 3.86. The summed E-state index contributed by atoms with van der Waals surface area (Å²) in [6, 6.07) is 9.10. The Kier molecular flexibility index (Phi) is 3.04. The maximum absolute atomic E-state index is 8.40. The average Bonchev–Trinajstić information content (AvgIpc) is 2.18. The molecule has 0 atom stereocenters. The number of nitrogens with one attached hydrogen (secondary N) is 1. The molecular formula is C10H10N2O. The zero-order valence-corrected chi connectivity index (χ0v) is 7.37. The molecule has 0 saturated heterocycles. The number of rotatable bonds is 3. The highest BCUT2D eigenvalue weighted by molar-refractivity contribution is 5.99. The third kappa shape index (κ3) is 2.31. The Bertz CT molecular complexity index is 352. The molecule has 0 amide bonds. The van der Waals surface area contributed by atoms with E-state index in [0.717, 1.165) is 5.56 Å². The summed E-state index contributed by atoms with van der Waals surface area (Å²) in [7, 11) is 1.58. The van der Waals surface area contributed by atoms with Gasteiger partial charge in [-0.1, -0.05) is 12.1 Å². The summed E-state index contributed by atoms with van der Waals surface area (Å²) < 4.78 is 5.00. The minimum absolute atomic E-state index is 0.132. The fourth-order valence-electron chi connectivity index (χ4n) is 0.992. The van der Waals surface area contributed by atoms with Crippen LogP contribution in [0.3, 0.4) is 0 Å². The van der Waals surface area contributed by atoms with Crippen molar-refractivity contribution in [3.63, 3.8) is 0 Å². The lowest BCUT2D eigenvalue weighted by molar-refractivity contribution is 0.414. The van der Waals surface area contributed by atoms with Crippen LogP contribution < -0.4 is 4.74 Å². The summed E-state index contributed by atoms with van der Waals surface area (Å²) in [6.45, 7) is 0. The lowest BCUT2D eigenvalue weighted by Crippen LogP contribution is -1.97. The second-order valence-corrected chi connectivity index (χ2v) is 2.55. The van der Waals surface area contributed by atoms with Crippen molar-refractivity contribution in [2.45, 2.75) is 6.42 Å². The topological polar surface area (TPSA) is 56.9 Å². The average molecular weight is 174 g/mol. The van der Waals surface area contributed by atoms with E-state index in [2.05, 4.69) is 0 Å². The first-order valence-electron chi connectivity index (χ1n) is 3.86. The number of nitriles is 1. The first-order chi connectivity index (χ1) is 6.27. The molecule has 0 aromatic heterocycles. The second kappa shape index (κ2) is 4.27. The molecular weight excluding hydrogens is 164 g/mol. The van der Waals surface area contributed by atoms with Crippen LogP contribution in [-0.4, -0.2) is 12.8 Å². The van der Waals surface area contributed by atoms with Crippen molar-refractivity contribution in [3.05, 3.63) is 29.8 Å². The van der Waals surface area contributed by atoms with Gasteiger partial charge >= 0.3 is 0 Å². The highest BCUT2D eigenvalue weighted by Crippen LogP contribution is 2.13. The second-order valence-electron chi connectivity index (χ2n) is 2.55. The Labute approximate surface area is 77.1 Å². The number of methoxy groups -OCH3 is 1. The van der Waals surface area contributed by atoms with E-state index in [1.54, 1.807) is 25.3 Å². The molecule has 0 bridgehead atoms. The first kappa shape index (κ1) is 9.27. The van der Waals surface area contributed by atoms with E-state index in [0.29, 0.717) is 11.5 Å². The summed E-state index contributed by atoms with van der Waals surface area (Å²) in [5, 5.41) is 15.9. The Morgan fingerprint density at radius 1 is 1.62 bits per heavy atom. The van der Waals surface area contributed by atoms with Gasteiger partial charge in [0.25, 0.3) is 0 Å². The number of hydrogen-bond donors (Lipinski definition) is 1. The van der Waals surface area contributed by atoms with E-state index >= 15 is 0 Å². The molecule has 1 aromatic carbocycles. The van der Waals surface area contributed by atoms with Gasteiger partial charge in [0, 0.05) is 0 Å². The molecule has 0 heterocycles. The molecule has 0 saturated carbocycles. The Morgan fingerprint density at radius 2 is 2.38 bits per heavy atom. The largest absolute Gasteiger partial charge is 0.497 e. The van der Waals surface area contributed by atoms with Gasteiger partial charge in [0.2, 0.25) is 0 Å². The van der Waals surface area contributed by atoms with Crippen molar-refractivity contribution < 1.29 is 4.74 Å². The van der Waals surface area contributed by atoms with Gasteiger partial charge in [-0.25, -0.2) is 0 Å². The molecule has 0 spiro atoms. The maximum atomic E-state index is 8.40. The van der Waals surface area contributed by atoms with Crippen LogP contribution in [0.25, 0.3) is 0 Å². The van der Waals surface area contributed by atoms with Crippen LogP contribution in [0.2, 0.25) is 0 Å². The standard InChI is InChI=1S/C10H10N2O/c1-13-9-4-2-3-8(7-9)10(12)5-6-11/h2-4,7,12H,5H2,1H3. The minimum Gasteiger partial charge on any atom is -0.497 e. The van der Waals surface area contributed by atoms with Gasteiger partial charge < -0.3 is 10.1 Å². The van der Waals surface area contributed by atoms with Gasteiger partial charge in [-0.15, -0.1) is 0 Å². The van der Waals surface area contributed by atoms with Crippen molar-refractivity contribution in [2.24, 2.45) is 0 Å². The number of nitrogens with zero attached hydrogens (tertiary/aromatic N) is 1. The van der Waals surface area contributed by atoms with Gasteiger partial charge in [0.15, 0.2) is 0 Å². The molecule has 0 radical (unpaired) electrons. The molecule has 3 nitrogen and oxygen atoms in total. The van der Waals surface area contributed by atoms with Crippen molar-refractivity contribution >= 4 is 5.71 Å². The van der Waals surface area contributed by atoms with E-state index in [-0.39, 0.29) is 6.42 Å². The van der Waals surface area contributed by atoms with Crippen LogP contribution in [-0.2, 0) is 0 Å². The smallest absolute Gasteiger partial charge is 0.119 e. The molecule has 0 fully saturated rings. The van der Waals surface area contributed by atoms with Crippen LogP contribution >= 0.6 is 0 Å². The van der Waals surface area contributed by atoms with Crippen molar-refractivity contribution in [3.8, 4) is 11.8 Å². The molecule has 3 heteroatoms. The molecule has 0 aliphatic rings. The van der Waals surface area contributed by atoms with Gasteiger partial charge in [-0.05, 0) is 17.7 Å². The zero-order chi connectivity index (χ0) is 9.68. The number of ether oxygens (including phenoxy) is 1. The Hall–Kier alpha value is -1.82. The van der Waals surface area contributed by atoms with Crippen molar-refractivity contribution in [2.75, 3.05) is 7.11 Å².